The van der Waals surface area contributed by atoms with Gasteiger partial charge in [-0.05, 0) is 28.8 Å². The number of rotatable bonds is 8. The number of piperidine rings is 1. The van der Waals surface area contributed by atoms with Crippen LogP contribution in [0.5, 0.6) is 0 Å². The summed E-state index contributed by atoms with van der Waals surface area (Å²) in [5.41, 5.74) is 4.39. The van der Waals surface area contributed by atoms with E-state index in [2.05, 4.69) is 15.2 Å². The Morgan fingerprint density at radius 2 is 1.66 bits per heavy atom. The molecule has 0 unspecified atom stereocenters. The van der Waals surface area contributed by atoms with Crippen molar-refractivity contribution in [2.24, 2.45) is 0 Å². The van der Waals surface area contributed by atoms with E-state index in [-0.39, 0.29) is 24.7 Å². The lowest BCUT2D eigenvalue weighted by Crippen LogP contribution is -2.48. The predicted molar refractivity (Wildman–Crippen MR) is 151 cm³/mol. The van der Waals surface area contributed by atoms with Gasteiger partial charge in [-0.3, -0.25) is 9.78 Å². The van der Waals surface area contributed by atoms with Crippen molar-refractivity contribution in [1.82, 2.24) is 15.2 Å². The Morgan fingerprint density at radius 3 is 2.34 bits per heavy atom. The molecule has 1 aromatic heterocycles. The normalized spacial score (nSPS) is 24.4. The molecule has 216 valence electrons. The Labute approximate surface area is 240 Å². The summed E-state index contributed by atoms with van der Waals surface area (Å²) in [5.74, 6) is -0.556. The van der Waals surface area contributed by atoms with E-state index in [1.165, 1.54) is 0 Å². The summed E-state index contributed by atoms with van der Waals surface area (Å²) in [6.07, 6.45) is 4.99. The van der Waals surface area contributed by atoms with Crippen LogP contribution in [0.4, 0.5) is 0 Å². The maximum absolute atomic E-state index is 12.4. The Morgan fingerprint density at radius 1 is 0.951 bits per heavy atom. The van der Waals surface area contributed by atoms with Gasteiger partial charge in [0.25, 0.3) is 5.91 Å². The van der Waals surface area contributed by atoms with E-state index in [0.717, 1.165) is 61.2 Å². The summed E-state index contributed by atoms with van der Waals surface area (Å²) in [4.78, 5) is 18.8. The number of pyridine rings is 1. The lowest BCUT2D eigenvalue weighted by atomic mass is 9.98. The molecule has 3 atom stereocenters. The Hall–Kier alpha value is -3.18. The topological polar surface area (TPSA) is 102 Å². The quantitative estimate of drug-likeness (QED) is 0.429. The number of benzene rings is 2. The lowest BCUT2D eigenvalue weighted by Gasteiger charge is -2.41. The van der Waals surface area contributed by atoms with Gasteiger partial charge in [-0.1, -0.05) is 48.5 Å². The second-order valence-electron chi connectivity index (χ2n) is 10.9. The largest absolute Gasteiger partial charge is 0.392 e. The fourth-order valence-corrected chi connectivity index (χ4v) is 5.76. The van der Waals surface area contributed by atoms with Gasteiger partial charge >= 0.3 is 0 Å². The predicted octanol–water partition coefficient (Wildman–Crippen LogP) is 3.89. The van der Waals surface area contributed by atoms with Crippen LogP contribution in [0.1, 0.15) is 64.3 Å². The molecule has 3 fully saturated rings. The van der Waals surface area contributed by atoms with Crippen molar-refractivity contribution in [2.75, 3.05) is 32.8 Å². The monoisotopic (exact) mass is 559 g/mol. The zero-order valence-corrected chi connectivity index (χ0v) is 23.1. The van der Waals surface area contributed by atoms with Crippen molar-refractivity contribution in [3.05, 3.63) is 101 Å². The second kappa shape index (κ2) is 12.8. The van der Waals surface area contributed by atoms with Crippen LogP contribution >= 0.6 is 0 Å². The number of hydrogen-bond acceptors (Lipinski definition) is 8. The first-order valence-electron chi connectivity index (χ1n) is 14.4. The number of carbonyl (C=O) groups is 1. The van der Waals surface area contributed by atoms with E-state index in [0.29, 0.717) is 25.3 Å². The second-order valence-corrected chi connectivity index (χ2v) is 10.9. The summed E-state index contributed by atoms with van der Waals surface area (Å²) in [6.45, 7) is 4.39. The molecule has 3 aromatic rings. The van der Waals surface area contributed by atoms with Gasteiger partial charge in [0.05, 0.1) is 37.6 Å². The Kier molecular flexibility index (Phi) is 8.71. The van der Waals surface area contributed by atoms with Crippen LogP contribution < -0.4 is 5.32 Å². The fraction of sp³-hybridized carbons (Fsp3) is 0.438. The molecule has 41 heavy (non-hydrogen) atoms. The minimum Gasteiger partial charge on any atom is -0.392 e. The first-order valence-corrected chi connectivity index (χ1v) is 14.4. The first kappa shape index (κ1) is 28.0. The minimum absolute atomic E-state index is 0.0130. The molecule has 2 aromatic carbocycles. The molecule has 0 bridgehead atoms. The highest BCUT2D eigenvalue weighted by atomic mass is 16.7. The van der Waals surface area contributed by atoms with Gasteiger partial charge in [0.2, 0.25) is 0 Å². The molecule has 3 aliphatic heterocycles. The molecule has 0 saturated carbocycles. The average molecular weight is 560 g/mol. The fourth-order valence-electron chi connectivity index (χ4n) is 5.76. The van der Waals surface area contributed by atoms with Gasteiger partial charge in [0, 0.05) is 63.4 Å². The molecular weight excluding hydrogens is 522 g/mol. The van der Waals surface area contributed by atoms with E-state index in [1.54, 1.807) is 24.5 Å². The lowest BCUT2D eigenvalue weighted by molar-refractivity contribution is -0.255. The molecule has 1 amide bonds. The number of aliphatic hydroxyl groups is 1. The van der Waals surface area contributed by atoms with Gasteiger partial charge in [-0.2, -0.15) is 0 Å². The van der Waals surface area contributed by atoms with Crippen LogP contribution in [0.3, 0.4) is 0 Å². The summed E-state index contributed by atoms with van der Waals surface area (Å²) in [7, 11) is 0. The third-order valence-corrected chi connectivity index (χ3v) is 8.14. The number of nitrogens with one attached hydrogen (secondary N) is 1. The van der Waals surface area contributed by atoms with E-state index in [4.69, 9.17) is 18.9 Å². The van der Waals surface area contributed by atoms with Crippen LogP contribution in [0.25, 0.3) is 0 Å². The molecule has 3 saturated heterocycles. The van der Waals surface area contributed by atoms with Gasteiger partial charge in [0.15, 0.2) is 12.1 Å². The van der Waals surface area contributed by atoms with Crippen LogP contribution in [0.2, 0.25) is 0 Å². The number of likely N-dealkylation sites (tertiary alicyclic amines) is 1. The van der Waals surface area contributed by atoms with E-state index >= 15 is 0 Å². The van der Waals surface area contributed by atoms with Crippen molar-refractivity contribution in [3.63, 3.8) is 0 Å². The van der Waals surface area contributed by atoms with Crippen molar-refractivity contribution in [2.45, 2.75) is 56.7 Å². The molecule has 6 rings (SSSR count). The van der Waals surface area contributed by atoms with E-state index < -0.39 is 12.1 Å². The van der Waals surface area contributed by atoms with Crippen molar-refractivity contribution >= 4 is 5.91 Å². The first-order chi connectivity index (χ1) is 20.1. The zero-order chi connectivity index (χ0) is 28.1. The summed E-state index contributed by atoms with van der Waals surface area (Å²) in [5, 5.41) is 12.4. The summed E-state index contributed by atoms with van der Waals surface area (Å²) < 4.78 is 24.9. The smallest absolute Gasteiger partial charge is 0.253 e. The highest BCUT2D eigenvalue weighted by molar-refractivity contribution is 5.93. The van der Waals surface area contributed by atoms with Gasteiger partial charge < -0.3 is 34.3 Å². The molecule has 1 spiro atoms. The van der Waals surface area contributed by atoms with E-state index in [1.807, 2.05) is 48.5 Å². The molecule has 3 aliphatic rings. The number of hydrogen-bond donors (Lipinski definition) is 2. The molecule has 0 radical (unpaired) electrons. The van der Waals surface area contributed by atoms with Gasteiger partial charge in [-0.15, -0.1) is 0 Å². The highest BCUT2D eigenvalue weighted by Crippen LogP contribution is 2.39. The standard InChI is InChI=1S/C32H37N3O6/c36-22-24-5-7-25(8-6-24)29-18-28(21-35-14-11-32(12-15-35)38-16-17-39-32)40-31(41-29)26-9-3-23(4-10-26)19-34-30(37)27-2-1-13-33-20-27/h1-10,13,20,28-29,31,36H,11-12,14-19,21-22H2,(H,34,37)/t28-,29+,31+/m0/s1. The highest BCUT2D eigenvalue weighted by Gasteiger charge is 2.41. The molecule has 9 heteroatoms. The maximum atomic E-state index is 12.4. The van der Waals surface area contributed by atoms with Crippen LogP contribution in [0.15, 0.2) is 73.1 Å². The number of nitrogens with zero attached hydrogens (tertiary/aromatic N) is 2. The Balaban J connectivity index is 1.12. The van der Waals surface area contributed by atoms with Crippen LogP contribution in [0, 0.1) is 0 Å². The number of ether oxygens (including phenoxy) is 4. The van der Waals surface area contributed by atoms with Crippen LogP contribution in [-0.4, -0.2) is 65.6 Å². The van der Waals surface area contributed by atoms with E-state index in [9.17, 15) is 9.90 Å². The molecule has 0 aliphatic carbocycles. The minimum atomic E-state index is -0.520. The third kappa shape index (κ3) is 6.83. The number of aliphatic hydroxyl groups excluding tert-OH is 1. The molecule has 2 N–H and O–H groups in total. The summed E-state index contributed by atoms with van der Waals surface area (Å²) in [6, 6.07) is 19.4. The number of amides is 1. The SMILES string of the molecule is O=C(NCc1ccc([C@@H]2O[C@H](CN3CCC4(CC3)OCCO4)C[C@H](c3ccc(CO)cc3)O2)cc1)c1cccnc1. The van der Waals surface area contributed by atoms with Crippen molar-refractivity contribution < 1.29 is 28.8 Å². The zero-order valence-electron chi connectivity index (χ0n) is 23.1. The number of carbonyl (C=O) groups excluding carboxylic acids is 1. The molecule has 4 heterocycles. The Bertz CT molecular complexity index is 1270. The van der Waals surface area contributed by atoms with Gasteiger partial charge in [-0.25, -0.2) is 0 Å². The van der Waals surface area contributed by atoms with Crippen LogP contribution in [-0.2, 0) is 32.1 Å². The average Bonchev–Trinajstić information content (AvgIpc) is 3.49. The summed E-state index contributed by atoms with van der Waals surface area (Å²) >= 11 is 0. The van der Waals surface area contributed by atoms with Crippen molar-refractivity contribution in [1.29, 1.82) is 0 Å². The van der Waals surface area contributed by atoms with Crippen molar-refractivity contribution in [3.8, 4) is 0 Å². The third-order valence-electron chi connectivity index (χ3n) is 8.14. The maximum Gasteiger partial charge on any atom is 0.253 e. The number of aromatic nitrogens is 1. The molecule has 9 nitrogen and oxygen atoms in total. The van der Waals surface area contributed by atoms with Gasteiger partial charge in [0.1, 0.15) is 0 Å². The molecular formula is C32H37N3O6.